The molecule has 0 bridgehead atoms. The number of carboxylic acids is 2. The summed E-state index contributed by atoms with van der Waals surface area (Å²) in [6, 6.07) is 0. The lowest BCUT2D eigenvalue weighted by atomic mass is 9.88. The molecule has 74 valence electrons. The minimum atomic E-state index is -1.01. The highest BCUT2D eigenvalue weighted by atomic mass is 16.4. The van der Waals surface area contributed by atoms with E-state index in [0.29, 0.717) is 12.8 Å². The first-order valence-corrected chi connectivity index (χ1v) is 4.43. The Bertz CT molecular complexity index is 234. The van der Waals surface area contributed by atoms with Crippen LogP contribution in [0.1, 0.15) is 33.1 Å². The minimum Gasteiger partial charge on any atom is -0.481 e. The number of hydrogen-bond acceptors (Lipinski definition) is 2. The predicted octanol–water partition coefficient (Wildman–Crippen LogP) is 1.35. The van der Waals surface area contributed by atoms with Gasteiger partial charge in [0.15, 0.2) is 0 Å². The first kappa shape index (κ1) is 10.0. The van der Waals surface area contributed by atoms with E-state index in [-0.39, 0.29) is 6.42 Å². The van der Waals surface area contributed by atoms with Gasteiger partial charge in [-0.15, -0.1) is 0 Å². The average molecular weight is 186 g/mol. The van der Waals surface area contributed by atoms with Gasteiger partial charge < -0.3 is 10.2 Å². The number of carbonyl (C=O) groups is 2. The van der Waals surface area contributed by atoms with E-state index in [0.717, 1.165) is 0 Å². The highest BCUT2D eigenvalue weighted by Crippen LogP contribution is 2.68. The van der Waals surface area contributed by atoms with Gasteiger partial charge >= 0.3 is 11.9 Å². The van der Waals surface area contributed by atoms with E-state index < -0.39 is 22.8 Å². The summed E-state index contributed by atoms with van der Waals surface area (Å²) < 4.78 is 0. The second-order valence-corrected chi connectivity index (χ2v) is 3.66. The number of hydrogen-bond donors (Lipinski definition) is 2. The van der Waals surface area contributed by atoms with Crippen molar-refractivity contribution in [1.29, 1.82) is 0 Å². The van der Waals surface area contributed by atoms with Crippen LogP contribution in [-0.4, -0.2) is 22.2 Å². The van der Waals surface area contributed by atoms with Gasteiger partial charge in [-0.1, -0.05) is 13.8 Å². The van der Waals surface area contributed by atoms with Gasteiger partial charge in [-0.25, -0.2) is 0 Å². The Morgan fingerprint density at radius 3 is 1.46 bits per heavy atom. The van der Waals surface area contributed by atoms with Crippen molar-refractivity contribution >= 4 is 11.9 Å². The summed E-state index contributed by atoms with van der Waals surface area (Å²) >= 11 is 0. The van der Waals surface area contributed by atoms with Crippen LogP contribution >= 0.6 is 0 Å². The Kier molecular flexibility index (Phi) is 2.10. The molecule has 0 aromatic rings. The molecule has 0 saturated heterocycles. The summed E-state index contributed by atoms with van der Waals surface area (Å²) in [6.45, 7) is 3.46. The van der Waals surface area contributed by atoms with Crippen molar-refractivity contribution in [3.05, 3.63) is 0 Å². The van der Waals surface area contributed by atoms with Gasteiger partial charge in [0, 0.05) is 0 Å². The van der Waals surface area contributed by atoms with Gasteiger partial charge in [-0.2, -0.15) is 0 Å². The van der Waals surface area contributed by atoms with Gasteiger partial charge in [-0.05, 0) is 19.3 Å². The van der Waals surface area contributed by atoms with Gasteiger partial charge in [0.2, 0.25) is 0 Å². The molecule has 2 unspecified atom stereocenters. The van der Waals surface area contributed by atoms with Crippen molar-refractivity contribution in [2.24, 2.45) is 10.8 Å². The van der Waals surface area contributed by atoms with Crippen LogP contribution in [0.25, 0.3) is 0 Å². The highest BCUT2D eigenvalue weighted by molar-refractivity contribution is 5.92. The van der Waals surface area contributed by atoms with E-state index in [9.17, 15) is 9.59 Å². The summed E-state index contributed by atoms with van der Waals surface area (Å²) in [6.07, 6.45) is 1.06. The molecule has 4 nitrogen and oxygen atoms in total. The standard InChI is InChI=1S/C9H14O4/c1-3-8(6(10)11)5-9(8,4-2)7(12)13/h3-5H2,1-2H3,(H,10,11)(H,12,13). The lowest BCUT2D eigenvalue weighted by Gasteiger charge is -2.15. The molecule has 2 N–H and O–H groups in total. The lowest BCUT2D eigenvalue weighted by molar-refractivity contribution is -0.154. The van der Waals surface area contributed by atoms with Crippen LogP contribution in [0.2, 0.25) is 0 Å². The Morgan fingerprint density at radius 2 is 1.38 bits per heavy atom. The van der Waals surface area contributed by atoms with Gasteiger partial charge in [0.05, 0.1) is 10.8 Å². The normalized spacial score (nSPS) is 37.1. The third kappa shape index (κ3) is 0.975. The van der Waals surface area contributed by atoms with Crippen LogP contribution in [0.4, 0.5) is 0 Å². The Hall–Kier alpha value is -1.06. The molecule has 4 heteroatoms. The van der Waals surface area contributed by atoms with Crippen LogP contribution in [0.5, 0.6) is 0 Å². The Labute approximate surface area is 76.6 Å². The smallest absolute Gasteiger partial charge is 0.310 e. The van der Waals surface area contributed by atoms with E-state index in [2.05, 4.69) is 0 Å². The molecule has 13 heavy (non-hydrogen) atoms. The van der Waals surface area contributed by atoms with Crippen LogP contribution in [0.3, 0.4) is 0 Å². The molecule has 0 aromatic carbocycles. The Morgan fingerprint density at radius 1 is 1.08 bits per heavy atom. The molecule has 1 saturated carbocycles. The molecule has 0 amide bonds. The number of aliphatic carboxylic acids is 2. The van der Waals surface area contributed by atoms with E-state index in [1.165, 1.54) is 0 Å². The Balaban J connectivity index is 2.99. The van der Waals surface area contributed by atoms with Crippen molar-refractivity contribution in [2.45, 2.75) is 33.1 Å². The maximum Gasteiger partial charge on any atom is 0.310 e. The third-order valence-electron chi connectivity index (χ3n) is 3.42. The molecular formula is C9H14O4. The molecule has 0 heterocycles. The zero-order valence-corrected chi connectivity index (χ0v) is 7.83. The lowest BCUT2D eigenvalue weighted by Crippen LogP contribution is -2.28. The fourth-order valence-electron chi connectivity index (χ4n) is 2.26. The van der Waals surface area contributed by atoms with Crippen LogP contribution < -0.4 is 0 Å². The van der Waals surface area contributed by atoms with Gasteiger partial charge in [0.25, 0.3) is 0 Å². The summed E-state index contributed by atoms with van der Waals surface area (Å²) in [5, 5.41) is 17.9. The monoisotopic (exact) mass is 186 g/mol. The summed E-state index contributed by atoms with van der Waals surface area (Å²) in [4.78, 5) is 21.9. The third-order valence-corrected chi connectivity index (χ3v) is 3.42. The first-order valence-electron chi connectivity index (χ1n) is 4.43. The molecule has 2 atom stereocenters. The van der Waals surface area contributed by atoms with E-state index in [4.69, 9.17) is 10.2 Å². The fraction of sp³-hybridized carbons (Fsp3) is 0.778. The SMILES string of the molecule is CCC1(C(=O)O)CC1(CC)C(=O)O. The van der Waals surface area contributed by atoms with Gasteiger partial charge in [0.1, 0.15) is 0 Å². The summed E-state index contributed by atoms with van der Waals surface area (Å²) in [7, 11) is 0. The molecule has 1 aliphatic carbocycles. The van der Waals surface area contributed by atoms with Crippen molar-refractivity contribution in [2.75, 3.05) is 0 Å². The molecule has 1 aliphatic rings. The van der Waals surface area contributed by atoms with Crippen LogP contribution in [0.15, 0.2) is 0 Å². The van der Waals surface area contributed by atoms with E-state index >= 15 is 0 Å². The minimum absolute atomic E-state index is 0.275. The van der Waals surface area contributed by atoms with Crippen molar-refractivity contribution in [3.8, 4) is 0 Å². The highest BCUT2D eigenvalue weighted by Gasteiger charge is 2.74. The summed E-state index contributed by atoms with van der Waals surface area (Å²) in [5.41, 5.74) is -2.01. The largest absolute Gasteiger partial charge is 0.481 e. The van der Waals surface area contributed by atoms with E-state index in [1.807, 2.05) is 0 Å². The number of rotatable bonds is 4. The molecule has 1 fully saturated rings. The van der Waals surface area contributed by atoms with Crippen LogP contribution in [0, 0.1) is 10.8 Å². The average Bonchev–Trinajstić information content (AvgIpc) is 2.75. The second kappa shape index (κ2) is 2.72. The summed E-state index contributed by atoms with van der Waals surface area (Å²) in [5.74, 6) is -1.95. The molecule has 0 spiro atoms. The van der Waals surface area contributed by atoms with Gasteiger partial charge in [-0.3, -0.25) is 9.59 Å². The van der Waals surface area contributed by atoms with Crippen LogP contribution in [-0.2, 0) is 9.59 Å². The van der Waals surface area contributed by atoms with E-state index in [1.54, 1.807) is 13.8 Å². The quantitative estimate of drug-likeness (QED) is 0.695. The van der Waals surface area contributed by atoms with Crippen molar-refractivity contribution in [3.63, 3.8) is 0 Å². The zero-order valence-electron chi connectivity index (χ0n) is 7.83. The topological polar surface area (TPSA) is 74.6 Å². The maximum atomic E-state index is 10.9. The molecule has 0 aromatic heterocycles. The molecular weight excluding hydrogens is 172 g/mol. The van der Waals surface area contributed by atoms with Crippen molar-refractivity contribution < 1.29 is 19.8 Å². The molecule has 0 aliphatic heterocycles. The first-order chi connectivity index (χ1) is 5.97. The number of carboxylic acid groups (broad SMARTS) is 2. The van der Waals surface area contributed by atoms with Crippen molar-refractivity contribution in [1.82, 2.24) is 0 Å². The fourth-order valence-corrected chi connectivity index (χ4v) is 2.26. The molecule has 0 radical (unpaired) electrons. The predicted molar refractivity (Wildman–Crippen MR) is 45.3 cm³/mol. The second-order valence-electron chi connectivity index (χ2n) is 3.66. The maximum absolute atomic E-state index is 10.9. The molecule has 1 rings (SSSR count). The zero-order chi connectivity index (χ0) is 10.3.